The Morgan fingerprint density at radius 2 is 1.65 bits per heavy atom. The number of hydrogen-bond acceptors (Lipinski definition) is 3. The molecule has 0 saturated heterocycles. The smallest absolute Gasteiger partial charge is 0.292 e. The highest BCUT2D eigenvalue weighted by Gasteiger charge is 2.46. The van der Waals surface area contributed by atoms with E-state index in [2.05, 4.69) is 15.3 Å². The summed E-state index contributed by atoms with van der Waals surface area (Å²) in [6.45, 7) is 0. The van der Waals surface area contributed by atoms with Crippen molar-refractivity contribution in [2.45, 2.75) is 22.4 Å². The van der Waals surface area contributed by atoms with Crippen LogP contribution in [0.2, 0.25) is 0 Å². The molecule has 0 spiro atoms. The van der Waals surface area contributed by atoms with Crippen LogP contribution < -0.4 is 5.43 Å². The average Bonchev–Trinajstić information content (AvgIpc) is 2.76. The number of hydrogen-bond donors (Lipinski definition) is 1. The summed E-state index contributed by atoms with van der Waals surface area (Å²) < 4.78 is 32.2. The number of ether oxygens (including phenoxy) is 1. The highest BCUT2D eigenvalue weighted by Crippen LogP contribution is 2.39. The van der Waals surface area contributed by atoms with E-state index in [1.165, 1.54) is 12.2 Å². The van der Waals surface area contributed by atoms with Gasteiger partial charge in [0, 0.05) is 17.5 Å². The summed E-state index contributed by atoms with van der Waals surface area (Å²) >= 11 is 16.7. The Morgan fingerprint density at radius 1 is 1.06 bits per heavy atom. The standard InChI is InChI=1S/C22H17Cl3F2N2O2/c23-20(24)22(26,27)31-21(25)13-11-16(12-14-21)18(15-7-3-1-4-8-15)28-29-19(30)17-9-5-2-6-10-17/h1-13,20H,14H2,(H,29,30). The van der Waals surface area contributed by atoms with Gasteiger partial charge in [-0.3, -0.25) is 9.53 Å². The van der Waals surface area contributed by atoms with E-state index in [0.29, 0.717) is 22.4 Å². The number of alkyl halides is 5. The van der Waals surface area contributed by atoms with Crippen LogP contribution in [0.1, 0.15) is 22.3 Å². The first-order valence-corrected chi connectivity index (χ1v) is 10.4. The summed E-state index contributed by atoms with van der Waals surface area (Å²) in [5, 5.41) is 2.44. The number of hydrazone groups is 1. The number of nitrogens with zero attached hydrogens (tertiary/aromatic N) is 1. The van der Waals surface area contributed by atoms with Gasteiger partial charge in [-0.25, -0.2) is 5.43 Å². The minimum absolute atomic E-state index is 0.102. The summed E-state index contributed by atoms with van der Waals surface area (Å²) in [5.41, 5.74) is 4.67. The first-order chi connectivity index (χ1) is 14.7. The molecule has 1 N–H and O–H groups in total. The van der Waals surface area contributed by atoms with Gasteiger partial charge in [-0.15, -0.1) is 0 Å². The Morgan fingerprint density at radius 3 is 2.16 bits per heavy atom. The van der Waals surface area contributed by atoms with Crippen LogP contribution in [-0.4, -0.2) is 27.6 Å². The summed E-state index contributed by atoms with van der Waals surface area (Å²) in [6.07, 6.45) is 0.409. The molecule has 0 fully saturated rings. The summed E-state index contributed by atoms with van der Waals surface area (Å²) in [5.74, 6) is -0.389. The van der Waals surface area contributed by atoms with Crippen LogP contribution in [0, 0.1) is 0 Å². The molecule has 1 atom stereocenters. The third kappa shape index (κ3) is 6.14. The van der Waals surface area contributed by atoms with Gasteiger partial charge in [-0.1, -0.05) is 95.5 Å². The highest BCUT2D eigenvalue weighted by atomic mass is 35.5. The lowest BCUT2D eigenvalue weighted by Crippen LogP contribution is -2.39. The van der Waals surface area contributed by atoms with E-state index < -0.39 is 16.0 Å². The SMILES string of the molecule is O=C(NN=C(C1=CCC(Cl)(OC(F)(F)C(Cl)Cl)C=C1)c1ccccc1)c1ccccc1. The minimum atomic E-state index is -3.83. The molecule has 1 aliphatic rings. The Hall–Kier alpha value is -2.25. The quantitative estimate of drug-likeness (QED) is 0.295. The number of halogens is 5. The largest absolute Gasteiger partial charge is 0.387 e. The lowest BCUT2D eigenvalue weighted by molar-refractivity contribution is -0.254. The molecule has 2 aromatic rings. The lowest BCUT2D eigenvalue weighted by atomic mass is 9.96. The predicted molar refractivity (Wildman–Crippen MR) is 119 cm³/mol. The van der Waals surface area contributed by atoms with Crippen LogP contribution >= 0.6 is 34.8 Å². The third-order valence-electron chi connectivity index (χ3n) is 4.30. The first-order valence-electron chi connectivity index (χ1n) is 9.13. The zero-order valence-corrected chi connectivity index (χ0v) is 18.2. The van der Waals surface area contributed by atoms with Crippen LogP contribution in [0.5, 0.6) is 0 Å². The molecular formula is C22H17Cl3F2N2O2. The van der Waals surface area contributed by atoms with Crippen molar-refractivity contribution in [3.8, 4) is 0 Å². The van der Waals surface area contributed by atoms with Gasteiger partial charge in [0.05, 0.1) is 5.71 Å². The molecule has 3 rings (SSSR count). The molecule has 4 nitrogen and oxygen atoms in total. The molecule has 0 saturated carbocycles. The Balaban J connectivity index is 1.84. The van der Waals surface area contributed by atoms with Crippen molar-refractivity contribution in [2.24, 2.45) is 5.10 Å². The molecule has 1 aliphatic carbocycles. The lowest BCUT2D eigenvalue weighted by Gasteiger charge is -2.31. The van der Waals surface area contributed by atoms with Crippen molar-refractivity contribution in [3.05, 3.63) is 95.6 Å². The van der Waals surface area contributed by atoms with E-state index >= 15 is 0 Å². The molecule has 9 heteroatoms. The predicted octanol–water partition coefficient (Wildman–Crippen LogP) is 6.06. The average molecular weight is 486 g/mol. The fourth-order valence-electron chi connectivity index (χ4n) is 2.77. The number of rotatable bonds is 7. The fourth-order valence-corrected chi connectivity index (χ4v) is 3.11. The van der Waals surface area contributed by atoms with Crippen LogP contribution in [0.3, 0.4) is 0 Å². The van der Waals surface area contributed by atoms with Gasteiger partial charge in [-0.2, -0.15) is 13.9 Å². The number of carbonyl (C=O) groups excluding carboxylic acids is 1. The maximum absolute atomic E-state index is 13.8. The second-order valence-electron chi connectivity index (χ2n) is 6.58. The monoisotopic (exact) mass is 484 g/mol. The van der Waals surface area contributed by atoms with Gasteiger partial charge < -0.3 is 0 Å². The molecule has 1 unspecified atom stereocenters. The number of carbonyl (C=O) groups is 1. The van der Waals surface area contributed by atoms with E-state index in [-0.39, 0.29) is 12.3 Å². The van der Waals surface area contributed by atoms with E-state index in [1.807, 2.05) is 18.2 Å². The van der Waals surface area contributed by atoms with Gasteiger partial charge >= 0.3 is 6.11 Å². The zero-order valence-electron chi connectivity index (χ0n) is 15.9. The van der Waals surface area contributed by atoms with Crippen LogP contribution in [0.25, 0.3) is 0 Å². The maximum Gasteiger partial charge on any atom is 0.387 e. The molecule has 0 radical (unpaired) electrons. The summed E-state index contributed by atoms with van der Waals surface area (Å²) in [4.78, 5) is 10.3. The van der Waals surface area contributed by atoms with Gasteiger partial charge in [0.25, 0.3) is 5.91 Å². The highest BCUT2D eigenvalue weighted by molar-refractivity contribution is 6.44. The molecule has 0 heterocycles. The molecule has 1 amide bonds. The van der Waals surface area contributed by atoms with Crippen molar-refractivity contribution < 1.29 is 18.3 Å². The number of amides is 1. The molecule has 2 aromatic carbocycles. The second-order valence-corrected chi connectivity index (χ2v) is 8.32. The maximum atomic E-state index is 13.8. The molecule has 162 valence electrons. The van der Waals surface area contributed by atoms with Crippen LogP contribution in [-0.2, 0) is 4.74 Å². The van der Waals surface area contributed by atoms with Gasteiger partial charge in [0.1, 0.15) is 0 Å². The fraction of sp³-hybridized carbons (Fsp3) is 0.182. The summed E-state index contributed by atoms with van der Waals surface area (Å²) in [7, 11) is 0. The van der Waals surface area contributed by atoms with Gasteiger partial charge in [0.2, 0.25) is 0 Å². The van der Waals surface area contributed by atoms with Crippen molar-refractivity contribution in [2.75, 3.05) is 0 Å². The van der Waals surface area contributed by atoms with Gasteiger partial charge in [0.15, 0.2) is 9.90 Å². The first kappa shape index (κ1) is 23.4. The third-order valence-corrected chi connectivity index (χ3v) is 5.16. The molecule has 31 heavy (non-hydrogen) atoms. The van der Waals surface area contributed by atoms with Crippen molar-refractivity contribution in [3.63, 3.8) is 0 Å². The van der Waals surface area contributed by atoms with Crippen LogP contribution in [0.4, 0.5) is 8.78 Å². The minimum Gasteiger partial charge on any atom is -0.292 e. The van der Waals surface area contributed by atoms with E-state index in [0.717, 1.165) is 0 Å². The Kier molecular flexibility index (Phi) is 7.49. The number of nitrogens with one attached hydrogen (secondary N) is 1. The molecular weight excluding hydrogens is 469 g/mol. The van der Waals surface area contributed by atoms with Crippen molar-refractivity contribution in [1.29, 1.82) is 0 Å². The zero-order chi connectivity index (χ0) is 22.5. The molecule has 0 aromatic heterocycles. The Labute approximate surface area is 193 Å². The van der Waals surface area contributed by atoms with E-state index in [4.69, 9.17) is 34.8 Å². The van der Waals surface area contributed by atoms with Crippen molar-refractivity contribution in [1.82, 2.24) is 5.43 Å². The Bertz CT molecular complexity index is 1010. The molecule has 0 aliphatic heterocycles. The van der Waals surface area contributed by atoms with E-state index in [9.17, 15) is 13.6 Å². The molecule has 0 bridgehead atoms. The normalized spacial score (nSPS) is 19.3. The van der Waals surface area contributed by atoms with E-state index in [1.54, 1.807) is 48.5 Å². The second kappa shape index (κ2) is 9.92. The van der Waals surface area contributed by atoms with Crippen LogP contribution in [0.15, 0.2) is 89.6 Å². The number of allylic oxidation sites excluding steroid dienone is 2. The topological polar surface area (TPSA) is 50.7 Å². The number of benzene rings is 2. The summed E-state index contributed by atoms with van der Waals surface area (Å²) in [6, 6.07) is 17.7. The van der Waals surface area contributed by atoms with Gasteiger partial charge in [-0.05, 0) is 23.8 Å². The van der Waals surface area contributed by atoms with Crippen molar-refractivity contribution >= 4 is 46.4 Å².